The van der Waals surface area contributed by atoms with E-state index < -0.39 is 0 Å². The van der Waals surface area contributed by atoms with Crippen LogP contribution in [0, 0.1) is 11.3 Å². The molecule has 1 aromatic heterocycles. The second-order valence-corrected chi connectivity index (χ2v) is 4.13. The number of fused-ring (bicyclic) bond motifs is 1. The standard InChI is InChI=1S/C15H11N3/c16-9-13-11(3-1-5-14(13)17)10-4-2-6-15-12(10)7-8-18-15/h1-8,18H,17H2. The number of nitrogens with two attached hydrogens (primary N) is 1. The fraction of sp³-hybridized carbons (Fsp3) is 0. The number of rotatable bonds is 1. The van der Waals surface area contributed by atoms with Crippen LogP contribution < -0.4 is 5.73 Å². The van der Waals surface area contributed by atoms with Crippen LogP contribution in [0.15, 0.2) is 48.7 Å². The molecule has 3 N–H and O–H groups in total. The predicted molar refractivity (Wildman–Crippen MR) is 72.9 cm³/mol. The van der Waals surface area contributed by atoms with E-state index in [0.29, 0.717) is 11.3 Å². The second kappa shape index (κ2) is 3.94. The van der Waals surface area contributed by atoms with Crippen molar-refractivity contribution < 1.29 is 0 Å². The van der Waals surface area contributed by atoms with Crippen LogP contribution in [0.25, 0.3) is 22.0 Å². The lowest BCUT2D eigenvalue weighted by atomic mass is 9.96. The molecule has 0 spiro atoms. The molecule has 3 rings (SSSR count). The predicted octanol–water partition coefficient (Wildman–Crippen LogP) is 3.29. The lowest BCUT2D eigenvalue weighted by Gasteiger charge is -2.07. The molecule has 2 aromatic carbocycles. The first-order chi connectivity index (χ1) is 8.81. The zero-order chi connectivity index (χ0) is 12.5. The van der Waals surface area contributed by atoms with Crippen LogP contribution in [0.5, 0.6) is 0 Å². The molecule has 0 aliphatic rings. The first-order valence-electron chi connectivity index (χ1n) is 5.66. The van der Waals surface area contributed by atoms with E-state index in [1.807, 2.05) is 42.6 Å². The number of aromatic amines is 1. The van der Waals surface area contributed by atoms with Gasteiger partial charge in [0.15, 0.2) is 0 Å². The molecule has 0 saturated heterocycles. The monoisotopic (exact) mass is 233 g/mol. The number of benzene rings is 2. The van der Waals surface area contributed by atoms with Crippen molar-refractivity contribution in [3.05, 3.63) is 54.2 Å². The summed E-state index contributed by atoms with van der Waals surface area (Å²) in [6.45, 7) is 0. The Kier molecular flexibility index (Phi) is 2.28. The Morgan fingerprint density at radius 1 is 1.00 bits per heavy atom. The maximum atomic E-state index is 9.25. The van der Waals surface area contributed by atoms with Crippen LogP contribution in [0.2, 0.25) is 0 Å². The number of nitrogens with zero attached hydrogens (tertiary/aromatic N) is 1. The summed E-state index contributed by atoms with van der Waals surface area (Å²) in [5.41, 5.74) is 9.87. The van der Waals surface area contributed by atoms with E-state index >= 15 is 0 Å². The van der Waals surface area contributed by atoms with E-state index in [0.717, 1.165) is 22.0 Å². The molecular formula is C15H11N3. The van der Waals surface area contributed by atoms with Crippen molar-refractivity contribution >= 4 is 16.6 Å². The first-order valence-corrected chi connectivity index (χ1v) is 5.66. The van der Waals surface area contributed by atoms with Gasteiger partial charge in [-0.15, -0.1) is 0 Å². The van der Waals surface area contributed by atoms with Gasteiger partial charge in [0.25, 0.3) is 0 Å². The summed E-state index contributed by atoms with van der Waals surface area (Å²) in [5.74, 6) is 0. The first kappa shape index (κ1) is 10.4. The van der Waals surface area contributed by atoms with Crippen LogP contribution in [-0.4, -0.2) is 4.98 Å². The third-order valence-corrected chi connectivity index (χ3v) is 3.09. The molecule has 0 aliphatic heterocycles. The average Bonchev–Trinajstić information content (AvgIpc) is 2.86. The van der Waals surface area contributed by atoms with E-state index in [9.17, 15) is 5.26 Å². The van der Waals surface area contributed by atoms with E-state index in [2.05, 4.69) is 11.1 Å². The van der Waals surface area contributed by atoms with Crippen LogP contribution in [-0.2, 0) is 0 Å². The van der Waals surface area contributed by atoms with E-state index in [1.54, 1.807) is 6.07 Å². The molecule has 0 atom stereocenters. The largest absolute Gasteiger partial charge is 0.398 e. The Morgan fingerprint density at radius 2 is 1.78 bits per heavy atom. The summed E-state index contributed by atoms with van der Waals surface area (Å²) >= 11 is 0. The number of nitrogens with one attached hydrogen (secondary N) is 1. The maximum Gasteiger partial charge on any atom is 0.102 e. The van der Waals surface area contributed by atoms with E-state index in [-0.39, 0.29) is 0 Å². The van der Waals surface area contributed by atoms with Gasteiger partial charge in [-0.25, -0.2) is 0 Å². The van der Waals surface area contributed by atoms with Crippen molar-refractivity contribution in [3.63, 3.8) is 0 Å². The Hall–Kier alpha value is -2.73. The minimum absolute atomic E-state index is 0.516. The highest BCUT2D eigenvalue weighted by Gasteiger charge is 2.10. The van der Waals surface area contributed by atoms with Crippen LogP contribution in [0.4, 0.5) is 5.69 Å². The SMILES string of the molecule is N#Cc1c(N)cccc1-c1cccc2[nH]ccc12. The van der Waals surface area contributed by atoms with Crippen molar-refractivity contribution in [1.82, 2.24) is 4.98 Å². The molecular weight excluding hydrogens is 222 g/mol. The van der Waals surface area contributed by atoms with Gasteiger partial charge in [0.1, 0.15) is 6.07 Å². The molecule has 0 amide bonds. The molecule has 3 aromatic rings. The average molecular weight is 233 g/mol. The van der Waals surface area contributed by atoms with Crippen LogP contribution >= 0.6 is 0 Å². The molecule has 3 heteroatoms. The lowest BCUT2D eigenvalue weighted by Crippen LogP contribution is -1.93. The number of anilines is 1. The summed E-state index contributed by atoms with van der Waals surface area (Å²) in [5, 5.41) is 10.3. The number of nitriles is 1. The molecule has 0 aliphatic carbocycles. The van der Waals surface area contributed by atoms with Gasteiger partial charge in [0.2, 0.25) is 0 Å². The molecule has 0 unspecified atom stereocenters. The minimum atomic E-state index is 0.516. The zero-order valence-electron chi connectivity index (χ0n) is 9.64. The van der Waals surface area contributed by atoms with E-state index in [1.165, 1.54) is 0 Å². The molecule has 3 nitrogen and oxygen atoms in total. The highest BCUT2D eigenvalue weighted by Crippen LogP contribution is 2.32. The third-order valence-electron chi connectivity index (χ3n) is 3.09. The smallest absolute Gasteiger partial charge is 0.102 e. The van der Waals surface area contributed by atoms with Gasteiger partial charge < -0.3 is 10.7 Å². The van der Waals surface area contributed by atoms with Gasteiger partial charge in [-0.05, 0) is 23.8 Å². The Bertz CT molecular complexity index is 763. The van der Waals surface area contributed by atoms with Crippen molar-refractivity contribution in [3.8, 4) is 17.2 Å². The van der Waals surface area contributed by atoms with Gasteiger partial charge in [-0.3, -0.25) is 0 Å². The fourth-order valence-electron chi connectivity index (χ4n) is 2.24. The zero-order valence-corrected chi connectivity index (χ0v) is 9.64. The summed E-state index contributed by atoms with van der Waals surface area (Å²) in [6, 6.07) is 15.7. The molecule has 0 saturated carbocycles. The van der Waals surface area contributed by atoms with Crippen molar-refractivity contribution in [2.24, 2.45) is 0 Å². The maximum absolute atomic E-state index is 9.25. The molecule has 0 bridgehead atoms. The van der Waals surface area contributed by atoms with Crippen molar-refractivity contribution in [2.45, 2.75) is 0 Å². The second-order valence-electron chi connectivity index (χ2n) is 4.13. The van der Waals surface area contributed by atoms with Gasteiger partial charge in [0, 0.05) is 22.7 Å². The van der Waals surface area contributed by atoms with Crippen molar-refractivity contribution in [2.75, 3.05) is 5.73 Å². The molecule has 0 radical (unpaired) electrons. The molecule has 0 fully saturated rings. The summed E-state index contributed by atoms with van der Waals surface area (Å²) < 4.78 is 0. The van der Waals surface area contributed by atoms with Crippen molar-refractivity contribution in [1.29, 1.82) is 5.26 Å². The fourth-order valence-corrected chi connectivity index (χ4v) is 2.24. The lowest BCUT2D eigenvalue weighted by molar-refractivity contribution is 1.47. The number of aromatic nitrogens is 1. The molecule has 1 heterocycles. The highest BCUT2D eigenvalue weighted by molar-refractivity contribution is 5.97. The molecule has 86 valence electrons. The summed E-state index contributed by atoms with van der Waals surface area (Å²) in [6.07, 6.45) is 1.90. The van der Waals surface area contributed by atoms with Gasteiger partial charge in [0.05, 0.1) is 11.3 Å². The quantitative estimate of drug-likeness (QED) is 0.633. The topological polar surface area (TPSA) is 65.6 Å². The third kappa shape index (κ3) is 1.44. The number of hydrogen-bond acceptors (Lipinski definition) is 2. The molecule has 18 heavy (non-hydrogen) atoms. The normalized spacial score (nSPS) is 10.4. The number of nitrogen functional groups attached to an aromatic ring is 1. The van der Waals surface area contributed by atoms with Gasteiger partial charge >= 0.3 is 0 Å². The summed E-state index contributed by atoms with van der Waals surface area (Å²) in [7, 11) is 0. The Labute approximate surface area is 104 Å². The van der Waals surface area contributed by atoms with Crippen LogP contribution in [0.3, 0.4) is 0 Å². The van der Waals surface area contributed by atoms with E-state index in [4.69, 9.17) is 5.73 Å². The highest BCUT2D eigenvalue weighted by atomic mass is 14.7. The van der Waals surface area contributed by atoms with Crippen LogP contribution in [0.1, 0.15) is 5.56 Å². The summed E-state index contributed by atoms with van der Waals surface area (Å²) in [4.78, 5) is 3.17. The number of hydrogen-bond donors (Lipinski definition) is 2. The Balaban J connectivity index is 2.37. The Morgan fingerprint density at radius 3 is 2.61 bits per heavy atom. The van der Waals surface area contributed by atoms with Gasteiger partial charge in [-0.1, -0.05) is 24.3 Å². The number of H-pyrrole nitrogens is 1. The van der Waals surface area contributed by atoms with Gasteiger partial charge in [-0.2, -0.15) is 5.26 Å². The minimum Gasteiger partial charge on any atom is -0.398 e.